The van der Waals surface area contributed by atoms with Crippen molar-refractivity contribution in [1.29, 1.82) is 0 Å². The van der Waals surface area contributed by atoms with Crippen LogP contribution in [-0.2, 0) is 9.59 Å². The normalized spacial score (nSPS) is 14.7. The lowest BCUT2D eigenvalue weighted by atomic mass is 10.1. The number of hydrogen-bond acceptors (Lipinski definition) is 4. The zero-order valence-corrected chi connectivity index (χ0v) is 17.9. The summed E-state index contributed by atoms with van der Waals surface area (Å²) in [4.78, 5) is 28.3. The van der Waals surface area contributed by atoms with Gasteiger partial charge in [-0.05, 0) is 61.0 Å². The van der Waals surface area contributed by atoms with Crippen LogP contribution in [-0.4, -0.2) is 49.4 Å². The molecule has 2 aromatic carbocycles. The maximum absolute atomic E-state index is 12.3. The lowest BCUT2D eigenvalue weighted by Crippen LogP contribution is -2.46. The van der Waals surface area contributed by atoms with Crippen LogP contribution in [0, 0.1) is 6.92 Å². The van der Waals surface area contributed by atoms with Crippen LogP contribution < -0.4 is 15.5 Å². The van der Waals surface area contributed by atoms with Gasteiger partial charge in [0.25, 0.3) is 0 Å². The van der Waals surface area contributed by atoms with Gasteiger partial charge >= 0.3 is 0 Å². The SMILES string of the molecule is CCN1CCN(c2ccc(NC(=O)/C=C/c3ccc(NC(C)=O)cc3)c(C)c2)CC1. The lowest BCUT2D eigenvalue weighted by molar-refractivity contribution is -0.114. The third-order valence-corrected chi connectivity index (χ3v) is 5.31. The molecule has 0 radical (unpaired) electrons. The molecule has 0 aromatic heterocycles. The predicted octanol–water partition coefficient (Wildman–Crippen LogP) is 3.75. The molecule has 158 valence electrons. The van der Waals surface area contributed by atoms with E-state index in [9.17, 15) is 9.59 Å². The maximum atomic E-state index is 12.3. The van der Waals surface area contributed by atoms with Crippen molar-refractivity contribution in [1.82, 2.24) is 4.90 Å². The Labute approximate surface area is 178 Å². The number of anilines is 3. The first-order valence-corrected chi connectivity index (χ1v) is 10.4. The first-order chi connectivity index (χ1) is 14.4. The Morgan fingerprint density at radius 1 is 1.00 bits per heavy atom. The van der Waals surface area contributed by atoms with Gasteiger partial charge in [0.05, 0.1) is 0 Å². The van der Waals surface area contributed by atoms with E-state index in [0.29, 0.717) is 0 Å². The fourth-order valence-corrected chi connectivity index (χ4v) is 3.53. The highest BCUT2D eigenvalue weighted by atomic mass is 16.2. The number of amides is 2. The minimum atomic E-state index is -0.173. The monoisotopic (exact) mass is 406 g/mol. The number of hydrogen-bond donors (Lipinski definition) is 2. The van der Waals surface area contributed by atoms with E-state index in [-0.39, 0.29) is 11.8 Å². The summed E-state index contributed by atoms with van der Waals surface area (Å²) in [6, 6.07) is 13.5. The van der Waals surface area contributed by atoms with E-state index in [1.165, 1.54) is 18.7 Å². The second-order valence-electron chi connectivity index (χ2n) is 7.55. The van der Waals surface area contributed by atoms with Crippen molar-refractivity contribution in [2.75, 3.05) is 48.3 Å². The van der Waals surface area contributed by atoms with Gasteiger partial charge in [-0.25, -0.2) is 0 Å². The maximum Gasteiger partial charge on any atom is 0.248 e. The van der Waals surface area contributed by atoms with E-state index >= 15 is 0 Å². The molecule has 3 rings (SSSR count). The van der Waals surface area contributed by atoms with Gasteiger partial charge in [-0.3, -0.25) is 9.59 Å². The van der Waals surface area contributed by atoms with E-state index in [2.05, 4.69) is 39.5 Å². The van der Waals surface area contributed by atoms with E-state index in [1.807, 2.05) is 37.3 Å². The zero-order valence-electron chi connectivity index (χ0n) is 17.9. The fourth-order valence-electron chi connectivity index (χ4n) is 3.53. The summed E-state index contributed by atoms with van der Waals surface area (Å²) in [6.07, 6.45) is 3.27. The van der Waals surface area contributed by atoms with Gasteiger partial charge in [0.2, 0.25) is 11.8 Å². The Kier molecular flexibility index (Phi) is 7.25. The molecule has 6 heteroatoms. The van der Waals surface area contributed by atoms with Gasteiger partial charge in [0.1, 0.15) is 0 Å². The molecule has 0 unspecified atom stereocenters. The summed E-state index contributed by atoms with van der Waals surface area (Å²) < 4.78 is 0. The number of carbonyl (C=O) groups is 2. The van der Waals surface area contributed by atoms with Crippen molar-refractivity contribution in [2.24, 2.45) is 0 Å². The van der Waals surface area contributed by atoms with Crippen LogP contribution in [0.25, 0.3) is 6.08 Å². The van der Waals surface area contributed by atoms with Crippen LogP contribution in [0.3, 0.4) is 0 Å². The van der Waals surface area contributed by atoms with E-state index in [4.69, 9.17) is 0 Å². The van der Waals surface area contributed by atoms with Crippen LogP contribution in [0.4, 0.5) is 17.1 Å². The number of likely N-dealkylation sites (N-methyl/N-ethyl adjacent to an activating group) is 1. The van der Waals surface area contributed by atoms with Crippen molar-refractivity contribution < 1.29 is 9.59 Å². The molecule has 1 saturated heterocycles. The van der Waals surface area contributed by atoms with Gasteiger partial charge in [-0.15, -0.1) is 0 Å². The van der Waals surface area contributed by atoms with Crippen molar-refractivity contribution in [3.05, 3.63) is 59.7 Å². The molecule has 0 bridgehead atoms. The molecule has 2 aromatic rings. The first-order valence-electron chi connectivity index (χ1n) is 10.4. The lowest BCUT2D eigenvalue weighted by Gasteiger charge is -2.35. The second-order valence-corrected chi connectivity index (χ2v) is 7.55. The summed E-state index contributed by atoms with van der Waals surface area (Å²) in [6.45, 7) is 11.0. The largest absolute Gasteiger partial charge is 0.369 e. The molecule has 2 amide bonds. The van der Waals surface area contributed by atoms with Gasteiger partial charge in [0, 0.05) is 56.2 Å². The number of aryl methyl sites for hydroxylation is 1. The average Bonchev–Trinajstić information content (AvgIpc) is 2.74. The molecule has 0 aliphatic carbocycles. The van der Waals surface area contributed by atoms with Crippen molar-refractivity contribution >= 4 is 35.0 Å². The Bertz CT molecular complexity index is 913. The molecular weight excluding hydrogens is 376 g/mol. The van der Waals surface area contributed by atoms with Crippen molar-refractivity contribution in [3.8, 4) is 0 Å². The van der Waals surface area contributed by atoms with Gasteiger partial charge in [0.15, 0.2) is 0 Å². The molecule has 1 aliphatic heterocycles. The number of nitrogens with zero attached hydrogens (tertiary/aromatic N) is 2. The smallest absolute Gasteiger partial charge is 0.248 e. The standard InChI is InChI=1S/C24H30N4O2/c1-4-27-13-15-28(16-14-27)22-10-11-23(18(2)17-22)26-24(30)12-7-20-5-8-21(9-6-20)25-19(3)29/h5-12,17H,4,13-16H2,1-3H3,(H,25,29)(H,26,30)/b12-7+. The van der Waals surface area contributed by atoms with Gasteiger partial charge in [-0.2, -0.15) is 0 Å². The molecule has 2 N–H and O–H groups in total. The van der Waals surface area contributed by atoms with Gasteiger partial charge < -0.3 is 20.4 Å². The highest BCUT2D eigenvalue weighted by Gasteiger charge is 2.16. The third-order valence-electron chi connectivity index (χ3n) is 5.31. The second kappa shape index (κ2) is 10.1. The summed E-state index contributed by atoms with van der Waals surface area (Å²) >= 11 is 0. The van der Waals surface area contributed by atoms with Crippen LogP contribution in [0.15, 0.2) is 48.5 Å². The van der Waals surface area contributed by atoms with Crippen LogP contribution in [0.5, 0.6) is 0 Å². The quantitative estimate of drug-likeness (QED) is 0.717. The Morgan fingerprint density at radius 3 is 2.30 bits per heavy atom. The number of nitrogens with one attached hydrogen (secondary N) is 2. The minimum Gasteiger partial charge on any atom is -0.369 e. The Hall–Kier alpha value is -3.12. The summed E-state index contributed by atoms with van der Waals surface area (Å²) in [5.41, 5.74) is 4.69. The van der Waals surface area contributed by atoms with E-state index in [0.717, 1.165) is 55.2 Å². The Morgan fingerprint density at radius 2 is 1.70 bits per heavy atom. The number of carbonyl (C=O) groups excluding carboxylic acids is 2. The van der Waals surface area contributed by atoms with Crippen molar-refractivity contribution in [3.63, 3.8) is 0 Å². The molecule has 30 heavy (non-hydrogen) atoms. The van der Waals surface area contributed by atoms with Crippen LogP contribution in [0.2, 0.25) is 0 Å². The minimum absolute atomic E-state index is 0.109. The van der Waals surface area contributed by atoms with E-state index in [1.54, 1.807) is 6.08 Å². The van der Waals surface area contributed by atoms with Crippen LogP contribution >= 0.6 is 0 Å². The Balaban J connectivity index is 1.57. The molecule has 1 aliphatic rings. The first kappa shape index (κ1) is 21.6. The number of piperazine rings is 1. The van der Waals surface area contributed by atoms with Crippen LogP contribution in [0.1, 0.15) is 25.0 Å². The highest BCUT2D eigenvalue weighted by molar-refractivity contribution is 6.02. The molecule has 0 saturated carbocycles. The van der Waals surface area contributed by atoms with Crippen molar-refractivity contribution in [2.45, 2.75) is 20.8 Å². The third kappa shape index (κ3) is 5.94. The average molecular weight is 407 g/mol. The molecular formula is C24H30N4O2. The predicted molar refractivity (Wildman–Crippen MR) is 124 cm³/mol. The zero-order chi connectivity index (χ0) is 21.5. The molecule has 1 fully saturated rings. The number of benzene rings is 2. The summed E-state index contributed by atoms with van der Waals surface area (Å²) in [7, 11) is 0. The highest BCUT2D eigenvalue weighted by Crippen LogP contribution is 2.24. The molecule has 6 nitrogen and oxygen atoms in total. The molecule has 0 spiro atoms. The van der Waals surface area contributed by atoms with E-state index < -0.39 is 0 Å². The topological polar surface area (TPSA) is 64.7 Å². The van der Waals surface area contributed by atoms with Gasteiger partial charge in [-0.1, -0.05) is 19.1 Å². The summed E-state index contributed by atoms with van der Waals surface area (Å²) in [5.74, 6) is -0.282. The molecule has 0 atom stereocenters. The number of rotatable bonds is 6. The fraction of sp³-hybridized carbons (Fsp3) is 0.333. The molecule has 1 heterocycles. The summed E-state index contributed by atoms with van der Waals surface area (Å²) in [5, 5.41) is 5.68.